The Hall–Kier alpha value is -0.610. The fourth-order valence-electron chi connectivity index (χ4n) is 2.70. The minimum Gasteiger partial charge on any atom is -0.342 e. The Kier molecular flexibility index (Phi) is 6.09. The van der Waals surface area contributed by atoms with Crippen LogP contribution in [-0.2, 0) is 4.79 Å². The van der Waals surface area contributed by atoms with Crippen molar-refractivity contribution in [1.82, 2.24) is 9.80 Å². The van der Waals surface area contributed by atoms with E-state index < -0.39 is 0 Å². The van der Waals surface area contributed by atoms with Crippen LogP contribution in [-0.4, -0.2) is 54.5 Å². The molecule has 1 saturated heterocycles. The first-order valence-corrected chi connectivity index (χ1v) is 7.22. The third-order valence-electron chi connectivity index (χ3n) is 4.25. The van der Waals surface area contributed by atoms with Gasteiger partial charge in [0.25, 0.3) is 0 Å². The fourth-order valence-corrected chi connectivity index (χ4v) is 2.70. The van der Waals surface area contributed by atoms with Crippen LogP contribution in [0.4, 0.5) is 0 Å². The van der Waals surface area contributed by atoms with Crippen LogP contribution in [0.5, 0.6) is 0 Å². The molecule has 1 fully saturated rings. The SMILES string of the molecule is CCC(CN)C(=O)N(C)C1CCN(C(C)C)CC1. The van der Waals surface area contributed by atoms with Crippen molar-refractivity contribution in [2.24, 2.45) is 11.7 Å². The molecule has 18 heavy (non-hydrogen) atoms. The number of hydrogen-bond acceptors (Lipinski definition) is 3. The van der Waals surface area contributed by atoms with Gasteiger partial charge in [-0.3, -0.25) is 4.79 Å². The Morgan fingerprint density at radius 1 is 1.39 bits per heavy atom. The second-order valence-corrected chi connectivity index (χ2v) is 5.65. The normalized spacial score (nSPS) is 20.1. The van der Waals surface area contributed by atoms with E-state index >= 15 is 0 Å². The Bertz CT molecular complexity index is 256. The zero-order valence-electron chi connectivity index (χ0n) is 12.4. The zero-order chi connectivity index (χ0) is 13.7. The topological polar surface area (TPSA) is 49.6 Å². The molecule has 0 aromatic rings. The maximum absolute atomic E-state index is 12.3. The molecule has 0 saturated carbocycles. The van der Waals surface area contributed by atoms with Crippen molar-refractivity contribution in [1.29, 1.82) is 0 Å². The highest BCUT2D eigenvalue weighted by atomic mass is 16.2. The van der Waals surface area contributed by atoms with E-state index in [9.17, 15) is 4.79 Å². The largest absolute Gasteiger partial charge is 0.342 e. The third kappa shape index (κ3) is 3.69. The molecule has 0 aromatic carbocycles. The van der Waals surface area contributed by atoms with Gasteiger partial charge in [-0.2, -0.15) is 0 Å². The van der Waals surface area contributed by atoms with Crippen LogP contribution in [0.2, 0.25) is 0 Å². The van der Waals surface area contributed by atoms with Crippen molar-refractivity contribution in [3.63, 3.8) is 0 Å². The zero-order valence-corrected chi connectivity index (χ0v) is 12.4. The van der Waals surface area contributed by atoms with E-state index in [0.717, 1.165) is 32.4 Å². The molecule has 0 aliphatic carbocycles. The van der Waals surface area contributed by atoms with Gasteiger partial charge in [0.05, 0.1) is 5.92 Å². The summed E-state index contributed by atoms with van der Waals surface area (Å²) in [6, 6.07) is 1.01. The summed E-state index contributed by atoms with van der Waals surface area (Å²) in [5.74, 6) is 0.223. The van der Waals surface area contributed by atoms with Crippen molar-refractivity contribution in [3.8, 4) is 0 Å². The van der Waals surface area contributed by atoms with E-state index in [1.54, 1.807) is 0 Å². The van der Waals surface area contributed by atoms with E-state index in [1.807, 2.05) is 18.9 Å². The standard InChI is InChI=1S/C14H29N3O/c1-5-12(10-15)14(18)16(4)13-6-8-17(9-7-13)11(2)3/h11-13H,5-10,15H2,1-4H3. The van der Waals surface area contributed by atoms with E-state index in [1.165, 1.54) is 0 Å². The Morgan fingerprint density at radius 2 is 1.94 bits per heavy atom. The number of nitrogens with two attached hydrogens (primary N) is 1. The highest BCUT2D eigenvalue weighted by Crippen LogP contribution is 2.19. The lowest BCUT2D eigenvalue weighted by molar-refractivity contribution is -0.137. The molecule has 1 atom stereocenters. The van der Waals surface area contributed by atoms with Gasteiger partial charge in [0.1, 0.15) is 0 Å². The second-order valence-electron chi connectivity index (χ2n) is 5.65. The quantitative estimate of drug-likeness (QED) is 0.805. The molecule has 4 nitrogen and oxygen atoms in total. The molecule has 106 valence electrons. The average Bonchev–Trinajstić information content (AvgIpc) is 2.39. The summed E-state index contributed by atoms with van der Waals surface area (Å²) in [6.07, 6.45) is 3.01. The predicted molar refractivity (Wildman–Crippen MR) is 75.3 cm³/mol. The van der Waals surface area contributed by atoms with Gasteiger partial charge in [-0.05, 0) is 33.1 Å². The average molecular weight is 255 g/mol. The molecule has 1 aliphatic rings. The van der Waals surface area contributed by atoms with Crippen molar-refractivity contribution < 1.29 is 4.79 Å². The summed E-state index contributed by atoms with van der Waals surface area (Å²) in [4.78, 5) is 16.7. The molecule has 2 N–H and O–H groups in total. The molecule has 0 aromatic heterocycles. The second kappa shape index (κ2) is 7.10. The number of carbonyl (C=O) groups excluding carboxylic acids is 1. The lowest BCUT2D eigenvalue weighted by Gasteiger charge is -2.39. The van der Waals surface area contributed by atoms with Gasteiger partial charge in [0, 0.05) is 38.8 Å². The molecule has 1 heterocycles. The first kappa shape index (κ1) is 15.4. The van der Waals surface area contributed by atoms with Crippen LogP contribution in [0.25, 0.3) is 0 Å². The minimum atomic E-state index is -0.00173. The van der Waals surface area contributed by atoms with E-state index in [-0.39, 0.29) is 11.8 Å². The number of nitrogens with zero attached hydrogens (tertiary/aromatic N) is 2. The van der Waals surface area contributed by atoms with Crippen LogP contribution < -0.4 is 5.73 Å². The molecule has 1 aliphatic heterocycles. The van der Waals surface area contributed by atoms with E-state index in [2.05, 4.69) is 18.7 Å². The van der Waals surface area contributed by atoms with Gasteiger partial charge in [-0.25, -0.2) is 0 Å². The summed E-state index contributed by atoms with van der Waals surface area (Å²) in [7, 11) is 1.94. The van der Waals surface area contributed by atoms with Crippen molar-refractivity contribution in [2.75, 3.05) is 26.7 Å². The lowest BCUT2D eigenvalue weighted by Crippen LogP contribution is -2.49. The van der Waals surface area contributed by atoms with Crippen LogP contribution in [0.15, 0.2) is 0 Å². The summed E-state index contributed by atoms with van der Waals surface area (Å²) in [6.45, 7) is 9.15. The molecule has 4 heteroatoms. The smallest absolute Gasteiger partial charge is 0.226 e. The Balaban J connectivity index is 2.49. The number of piperidine rings is 1. The number of hydrogen-bond donors (Lipinski definition) is 1. The van der Waals surface area contributed by atoms with Gasteiger partial charge in [0.15, 0.2) is 0 Å². The lowest BCUT2D eigenvalue weighted by atomic mass is 9.99. The van der Waals surface area contributed by atoms with Gasteiger partial charge >= 0.3 is 0 Å². The van der Waals surface area contributed by atoms with E-state index in [0.29, 0.717) is 18.6 Å². The van der Waals surface area contributed by atoms with E-state index in [4.69, 9.17) is 5.73 Å². The highest BCUT2D eigenvalue weighted by molar-refractivity contribution is 5.79. The van der Waals surface area contributed by atoms with Gasteiger partial charge in [0.2, 0.25) is 5.91 Å². The highest BCUT2D eigenvalue weighted by Gasteiger charge is 2.28. The van der Waals surface area contributed by atoms with Crippen molar-refractivity contribution in [2.45, 2.75) is 52.1 Å². The first-order valence-electron chi connectivity index (χ1n) is 7.22. The van der Waals surface area contributed by atoms with Crippen molar-refractivity contribution >= 4 is 5.91 Å². The van der Waals surface area contributed by atoms with Gasteiger partial charge in [-0.15, -0.1) is 0 Å². The Morgan fingerprint density at radius 3 is 2.33 bits per heavy atom. The van der Waals surface area contributed by atoms with Crippen LogP contribution in [0.3, 0.4) is 0 Å². The Labute approximate surface area is 111 Å². The molecule has 0 bridgehead atoms. The van der Waals surface area contributed by atoms with Crippen LogP contribution in [0, 0.1) is 5.92 Å². The third-order valence-corrected chi connectivity index (χ3v) is 4.25. The molecule has 1 unspecified atom stereocenters. The predicted octanol–water partition coefficient (Wildman–Crippen LogP) is 1.30. The van der Waals surface area contributed by atoms with Crippen molar-refractivity contribution in [3.05, 3.63) is 0 Å². The molecule has 0 radical (unpaired) electrons. The molecular weight excluding hydrogens is 226 g/mol. The number of rotatable bonds is 5. The number of amides is 1. The monoisotopic (exact) mass is 255 g/mol. The fraction of sp³-hybridized carbons (Fsp3) is 0.929. The summed E-state index contributed by atoms with van der Waals surface area (Å²) in [5, 5.41) is 0. The van der Waals surface area contributed by atoms with Crippen LogP contribution >= 0.6 is 0 Å². The first-order chi connectivity index (χ1) is 8.51. The van der Waals surface area contributed by atoms with Gasteiger partial charge in [-0.1, -0.05) is 6.92 Å². The maximum atomic E-state index is 12.3. The molecule has 1 rings (SSSR count). The van der Waals surface area contributed by atoms with Gasteiger partial charge < -0.3 is 15.5 Å². The molecule has 1 amide bonds. The summed E-state index contributed by atoms with van der Waals surface area (Å²) < 4.78 is 0. The molecular formula is C14H29N3O. The number of likely N-dealkylation sites (tertiary alicyclic amines) is 1. The maximum Gasteiger partial charge on any atom is 0.226 e. The summed E-state index contributed by atoms with van der Waals surface area (Å²) in [5.41, 5.74) is 5.66. The summed E-state index contributed by atoms with van der Waals surface area (Å²) >= 11 is 0. The van der Waals surface area contributed by atoms with Crippen LogP contribution in [0.1, 0.15) is 40.0 Å². The number of carbonyl (C=O) groups is 1. The minimum absolute atomic E-state index is 0.00173. The molecule has 0 spiro atoms.